The van der Waals surface area contributed by atoms with Crippen molar-refractivity contribution in [2.24, 2.45) is 5.92 Å². The highest BCUT2D eigenvalue weighted by molar-refractivity contribution is 7.89. The van der Waals surface area contributed by atoms with E-state index in [-0.39, 0.29) is 36.4 Å². The van der Waals surface area contributed by atoms with Crippen LogP contribution in [0, 0.1) is 12.8 Å². The maximum atomic E-state index is 13.3. The van der Waals surface area contributed by atoms with Gasteiger partial charge < -0.3 is 9.64 Å². The predicted octanol–water partition coefficient (Wildman–Crippen LogP) is 4.52. The van der Waals surface area contributed by atoms with Crippen LogP contribution in [0.5, 0.6) is 5.75 Å². The van der Waals surface area contributed by atoms with Gasteiger partial charge in [0.25, 0.3) is 0 Å². The lowest BCUT2D eigenvalue weighted by atomic mass is 10.1. The summed E-state index contributed by atoms with van der Waals surface area (Å²) >= 11 is 0. The third-order valence-corrected chi connectivity index (χ3v) is 8.19. The van der Waals surface area contributed by atoms with Gasteiger partial charge in [-0.1, -0.05) is 42.0 Å². The number of carbonyl (C=O) groups excluding carboxylic acids is 1. The fraction of sp³-hybridized carbons (Fsp3) is 0.296. The van der Waals surface area contributed by atoms with Crippen molar-refractivity contribution in [2.75, 3.05) is 18.1 Å². The number of hydrogen-bond donors (Lipinski definition) is 0. The zero-order valence-electron chi connectivity index (χ0n) is 19.2. The lowest BCUT2D eigenvalue weighted by Crippen LogP contribution is -2.32. The van der Waals surface area contributed by atoms with Crippen molar-refractivity contribution in [1.82, 2.24) is 4.31 Å². The normalized spacial score (nSPS) is 16.3. The van der Waals surface area contributed by atoms with E-state index in [9.17, 15) is 13.2 Å². The largest absolute Gasteiger partial charge is 0.492 e. The quantitative estimate of drug-likeness (QED) is 0.525. The molecule has 0 saturated heterocycles. The van der Waals surface area contributed by atoms with E-state index in [1.165, 1.54) is 4.31 Å². The highest BCUT2D eigenvalue weighted by Gasteiger charge is 2.34. The average molecular weight is 477 g/mol. The summed E-state index contributed by atoms with van der Waals surface area (Å²) in [6, 6.07) is 22.4. The molecule has 1 heterocycles. The maximum Gasteiger partial charge on any atom is 0.243 e. The van der Waals surface area contributed by atoms with Gasteiger partial charge in [0.2, 0.25) is 15.9 Å². The first-order chi connectivity index (χ1) is 16.4. The smallest absolute Gasteiger partial charge is 0.243 e. The van der Waals surface area contributed by atoms with Crippen molar-refractivity contribution < 1.29 is 17.9 Å². The Hall–Kier alpha value is -3.16. The molecule has 0 aromatic heterocycles. The van der Waals surface area contributed by atoms with Crippen molar-refractivity contribution in [2.45, 2.75) is 37.8 Å². The van der Waals surface area contributed by atoms with Gasteiger partial charge >= 0.3 is 0 Å². The summed E-state index contributed by atoms with van der Waals surface area (Å²) in [5, 5.41) is 0. The van der Waals surface area contributed by atoms with Gasteiger partial charge in [-0.3, -0.25) is 4.79 Å². The number of ether oxygens (including phenoxy) is 1. The molecule has 6 nitrogen and oxygen atoms in total. The Kier molecular flexibility index (Phi) is 6.15. The van der Waals surface area contributed by atoms with Crippen LogP contribution in [0.25, 0.3) is 0 Å². The molecule has 0 radical (unpaired) electrons. The van der Waals surface area contributed by atoms with E-state index >= 15 is 0 Å². The Morgan fingerprint density at radius 3 is 2.47 bits per heavy atom. The summed E-state index contributed by atoms with van der Waals surface area (Å²) in [7, 11) is -3.65. The molecule has 0 N–H and O–H groups in total. The van der Waals surface area contributed by atoms with Gasteiger partial charge in [-0.15, -0.1) is 0 Å². The van der Waals surface area contributed by atoms with Crippen molar-refractivity contribution in [3.8, 4) is 5.75 Å². The summed E-state index contributed by atoms with van der Waals surface area (Å²) in [5.74, 6) is 0.922. The van der Waals surface area contributed by atoms with Gasteiger partial charge in [0.15, 0.2) is 0 Å². The SMILES string of the molecule is Cc1ccc(S(=O)(=O)N2CCOc3ccc(CN(C(=O)C4CC4)c4ccccc4)cc3C2)cc1. The molecule has 1 amide bonds. The van der Waals surface area contributed by atoms with Crippen molar-refractivity contribution in [3.05, 3.63) is 89.5 Å². The van der Waals surface area contributed by atoms with Crippen LogP contribution in [0.2, 0.25) is 0 Å². The third-order valence-electron chi connectivity index (χ3n) is 6.33. The highest BCUT2D eigenvalue weighted by atomic mass is 32.2. The number of nitrogens with zero attached hydrogens (tertiary/aromatic N) is 2. The summed E-state index contributed by atoms with van der Waals surface area (Å²) in [5.41, 5.74) is 3.62. The van der Waals surface area contributed by atoms with Crippen LogP contribution in [0.1, 0.15) is 29.5 Å². The van der Waals surface area contributed by atoms with Crippen LogP contribution in [0.15, 0.2) is 77.7 Å². The van der Waals surface area contributed by atoms with Gasteiger partial charge in [0.05, 0.1) is 11.4 Å². The van der Waals surface area contributed by atoms with E-state index in [2.05, 4.69) is 0 Å². The molecule has 1 aliphatic heterocycles. The number of hydrogen-bond acceptors (Lipinski definition) is 4. The van der Waals surface area contributed by atoms with E-state index in [0.29, 0.717) is 12.3 Å². The molecule has 0 bridgehead atoms. The lowest BCUT2D eigenvalue weighted by Gasteiger charge is -2.24. The minimum absolute atomic E-state index is 0.0968. The number of amides is 1. The van der Waals surface area contributed by atoms with Gasteiger partial charge in [-0.05, 0) is 61.7 Å². The number of fused-ring (bicyclic) bond motifs is 1. The molecule has 1 aliphatic carbocycles. The Balaban J connectivity index is 1.42. The van der Waals surface area contributed by atoms with Crippen LogP contribution in [0.3, 0.4) is 0 Å². The van der Waals surface area contributed by atoms with Crippen LogP contribution in [-0.4, -0.2) is 31.8 Å². The molecule has 0 unspecified atom stereocenters. The van der Waals surface area contributed by atoms with E-state index in [1.54, 1.807) is 12.1 Å². The Morgan fingerprint density at radius 2 is 1.76 bits per heavy atom. The molecule has 3 aromatic rings. The molecule has 7 heteroatoms. The zero-order chi connectivity index (χ0) is 23.7. The number of carbonyl (C=O) groups is 1. The molecule has 0 atom stereocenters. The molecule has 34 heavy (non-hydrogen) atoms. The predicted molar refractivity (Wildman–Crippen MR) is 131 cm³/mol. The maximum absolute atomic E-state index is 13.3. The van der Waals surface area contributed by atoms with E-state index in [0.717, 1.165) is 35.2 Å². The Bertz CT molecular complexity index is 1290. The molecule has 1 fully saturated rings. The molecule has 1 saturated carbocycles. The minimum atomic E-state index is -3.65. The van der Waals surface area contributed by atoms with Crippen molar-refractivity contribution in [1.29, 1.82) is 0 Å². The molecule has 2 aliphatic rings. The number of rotatable bonds is 6. The Labute approximate surface area is 200 Å². The number of para-hydroxylation sites is 1. The second kappa shape index (κ2) is 9.24. The van der Waals surface area contributed by atoms with Crippen molar-refractivity contribution >= 4 is 21.6 Å². The van der Waals surface area contributed by atoms with Crippen molar-refractivity contribution in [3.63, 3.8) is 0 Å². The summed E-state index contributed by atoms with van der Waals surface area (Å²) < 4.78 is 33.9. The van der Waals surface area contributed by atoms with E-state index in [4.69, 9.17) is 4.74 Å². The highest BCUT2D eigenvalue weighted by Crippen LogP contribution is 2.34. The van der Waals surface area contributed by atoms with E-state index < -0.39 is 10.0 Å². The lowest BCUT2D eigenvalue weighted by molar-refractivity contribution is -0.119. The molecule has 0 spiro atoms. The molecular weight excluding hydrogens is 448 g/mol. The van der Waals surface area contributed by atoms with Crippen LogP contribution in [0.4, 0.5) is 5.69 Å². The standard InChI is InChI=1S/C27H28N2O4S/c1-20-7-12-25(13-8-20)34(31,32)28-15-16-33-26-14-9-21(17-23(26)19-28)18-29(27(30)22-10-11-22)24-5-3-2-4-6-24/h2-9,12-14,17,22H,10-11,15-16,18-19H2,1H3. The summed E-state index contributed by atoms with van der Waals surface area (Å²) in [4.78, 5) is 15.1. The van der Waals surface area contributed by atoms with Crippen LogP contribution < -0.4 is 9.64 Å². The minimum Gasteiger partial charge on any atom is -0.492 e. The third kappa shape index (κ3) is 4.72. The second-order valence-electron chi connectivity index (χ2n) is 8.98. The van der Waals surface area contributed by atoms with Gasteiger partial charge in [0.1, 0.15) is 12.4 Å². The molecule has 176 valence electrons. The first-order valence-electron chi connectivity index (χ1n) is 11.6. The van der Waals surface area contributed by atoms with Crippen LogP contribution in [-0.2, 0) is 27.9 Å². The number of sulfonamides is 1. The average Bonchev–Trinajstić information content (AvgIpc) is 3.70. The van der Waals surface area contributed by atoms with Crippen LogP contribution >= 0.6 is 0 Å². The van der Waals surface area contributed by atoms with Gasteiger partial charge in [-0.25, -0.2) is 8.42 Å². The Morgan fingerprint density at radius 1 is 1.03 bits per heavy atom. The fourth-order valence-corrected chi connectivity index (χ4v) is 5.63. The summed E-state index contributed by atoms with van der Waals surface area (Å²) in [6.45, 7) is 3.14. The molecule has 3 aromatic carbocycles. The topological polar surface area (TPSA) is 66.9 Å². The zero-order valence-corrected chi connectivity index (χ0v) is 20.0. The fourth-order valence-electron chi connectivity index (χ4n) is 4.22. The first kappa shape index (κ1) is 22.6. The molecule has 5 rings (SSSR count). The summed E-state index contributed by atoms with van der Waals surface area (Å²) in [6.07, 6.45) is 1.87. The monoisotopic (exact) mass is 476 g/mol. The van der Waals surface area contributed by atoms with Gasteiger partial charge in [-0.2, -0.15) is 4.31 Å². The second-order valence-corrected chi connectivity index (χ2v) is 10.9. The first-order valence-corrected chi connectivity index (χ1v) is 13.0. The number of benzene rings is 3. The number of anilines is 1. The van der Waals surface area contributed by atoms with Gasteiger partial charge in [0, 0.05) is 30.3 Å². The number of aryl methyl sites for hydroxylation is 1. The van der Waals surface area contributed by atoms with E-state index in [1.807, 2.05) is 72.5 Å². The molecular formula is C27H28N2O4S.